The van der Waals surface area contributed by atoms with E-state index in [1.54, 1.807) is 0 Å². The van der Waals surface area contributed by atoms with Crippen molar-refractivity contribution in [1.82, 2.24) is 19.8 Å². The van der Waals surface area contributed by atoms with Gasteiger partial charge in [-0.15, -0.1) is 24.8 Å². The van der Waals surface area contributed by atoms with Gasteiger partial charge in [-0.2, -0.15) is 0 Å². The first-order chi connectivity index (χ1) is 26.6. The summed E-state index contributed by atoms with van der Waals surface area (Å²) in [6.07, 6.45) is 4.94. The number of anilines is 2. The molecule has 6 nitrogen and oxygen atoms in total. The molecule has 0 N–H and O–H groups in total. The van der Waals surface area contributed by atoms with Crippen molar-refractivity contribution < 1.29 is 0 Å². The van der Waals surface area contributed by atoms with Gasteiger partial charge in [0.1, 0.15) is 0 Å². The van der Waals surface area contributed by atoms with E-state index >= 15 is 0 Å². The zero-order valence-corrected chi connectivity index (χ0v) is 35.3. The normalized spacial score (nSPS) is 15.0. The van der Waals surface area contributed by atoms with Gasteiger partial charge in [0.2, 0.25) is 0 Å². The molecule has 0 unspecified atom stereocenters. The van der Waals surface area contributed by atoms with Gasteiger partial charge < -0.3 is 19.6 Å². The molecular formula is C48H60Cl2N6. The summed E-state index contributed by atoms with van der Waals surface area (Å²) in [5.74, 6) is 0. The molecule has 6 aromatic rings. The molecule has 2 fully saturated rings. The highest BCUT2D eigenvalue weighted by molar-refractivity contribution is 5.95. The summed E-state index contributed by atoms with van der Waals surface area (Å²) < 4.78 is 0. The minimum absolute atomic E-state index is 0. The third-order valence-corrected chi connectivity index (χ3v) is 11.8. The lowest BCUT2D eigenvalue weighted by atomic mass is 10.0. The Balaban J connectivity index is 0.000000207. The predicted octanol–water partition coefficient (Wildman–Crippen LogP) is 11.3. The highest BCUT2D eigenvalue weighted by Gasteiger charge is 2.26. The van der Waals surface area contributed by atoms with E-state index in [2.05, 4.69) is 169 Å². The number of benzene rings is 4. The summed E-state index contributed by atoms with van der Waals surface area (Å²) in [5, 5.41) is 2.52. The molecule has 0 aliphatic carbocycles. The van der Waals surface area contributed by atoms with Gasteiger partial charge in [0.15, 0.2) is 0 Å². The lowest BCUT2D eigenvalue weighted by molar-refractivity contribution is 0.186. The second-order valence-electron chi connectivity index (χ2n) is 14.7. The summed E-state index contributed by atoms with van der Waals surface area (Å²) in [7, 11) is 0. The van der Waals surface area contributed by atoms with Crippen LogP contribution in [0, 0.1) is 0 Å². The number of piperidine rings is 2. The fourth-order valence-corrected chi connectivity index (χ4v) is 8.77. The molecule has 0 radical (unpaired) electrons. The molecule has 4 aromatic carbocycles. The zero-order valence-electron chi connectivity index (χ0n) is 33.7. The lowest BCUT2D eigenvalue weighted by Crippen LogP contribution is -2.44. The van der Waals surface area contributed by atoms with Crippen LogP contribution < -0.4 is 9.80 Å². The van der Waals surface area contributed by atoms with Gasteiger partial charge in [0.05, 0.1) is 22.4 Å². The average molecular weight is 792 g/mol. The number of aromatic nitrogens is 2. The Morgan fingerprint density at radius 3 is 1.12 bits per heavy atom. The van der Waals surface area contributed by atoms with Crippen molar-refractivity contribution >= 4 is 58.0 Å². The standard InChI is InChI=1S/2C24H29N3.2ClH/c2*1-3-26(4-2)20-14-16-27(17-15-20)24-18-23(19-10-6-5-7-11-19)25-22-13-9-8-12-21(22)24;;/h2*5-13,18,20H,3-4,14-17H2,1-2H3;2*1H. The molecule has 8 heteroatoms. The summed E-state index contributed by atoms with van der Waals surface area (Å²) in [5.41, 5.74) is 9.32. The quantitative estimate of drug-likeness (QED) is 0.138. The number of halogens is 2. The number of pyridine rings is 2. The van der Waals surface area contributed by atoms with Crippen molar-refractivity contribution in [3.8, 4) is 22.5 Å². The summed E-state index contributed by atoms with van der Waals surface area (Å²) in [4.78, 5) is 20.2. The van der Waals surface area contributed by atoms with Crippen LogP contribution in [-0.2, 0) is 0 Å². The Hall–Kier alpha value is -4.20. The highest BCUT2D eigenvalue weighted by atomic mass is 35.5. The van der Waals surface area contributed by atoms with Gasteiger partial charge in [-0.25, -0.2) is 9.97 Å². The number of fused-ring (bicyclic) bond motifs is 2. The van der Waals surface area contributed by atoms with Crippen LogP contribution in [0.1, 0.15) is 53.4 Å². The molecule has 0 saturated carbocycles. The Morgan fingerprint density at radius 2 is 0.786 bits per heavy atom. The maximum absolute atomic E-state index is 4.94. The lowest BCUT2D eigenvalue weighted by Gasteiger charge is -2.39. The van der Waals surface area contributed by atoms with E-state index in [1.807, 2.05) is 0 Å². The van der Waals surface area contributed by atoms with Crippen molar-refractivity contribution in [3.05, 3.63) is 121 Å². The van der Waals surface area contributed by atoms with Crippen LogP contribution in [0.2, 0.25) is 0 Å². The Bertz CT molecular complexity index is 1920. The first kappa shape index (κ1) is 42.9. The molecule has 2 aliphatic heterocycles. The van der Waals surface area contributed by atoms with Gasteiger partial charge in [-0.3, -0.25) is 0 Å². The SMILES string of the molecule is CCN(CC)C1CCN(c2cc(-c3ccccc3)nc3ccccc23)CC1.CCN(CC)C1CCN(c2cc(-c3ccccc3)nc3ccccc23)CC1.Cl.Cl. The van der Waals surface area contributed by atoms with Gasteiger partial charge in [0, 0.05) is 71.5 Å². The van der Waals surface area contributed by atoms with Crippen LogP contribution >= 0.6 is 24.8 Å². The molecule has 0 bridgehead atoms. The Morgan fingerprint density at radius 1 is 0.464 bits per heavy atom. The smallest absolute Gasteiger partial charge is 0.0730 e. The van der Waals surface area contributed by atoms with E-state index in [0.29, 0.717) is 0 Å². The number of para-hydroxylation sites is 2. The van der Waals surface area contributed by atoms with E-state index in [4.69, 9.17) is 9.97 Å². The fraction of sp³-hybridized carbons (Fsp3) is 0.375. The third-order valence-electron chi connectivity index (χ3n) is 11.8. The van der Waals surface area contributed by atoms with Crippen LogP contribution in [0.5, 0.6) is 0 Å². The summed E-state index contributed by atoms with van der Waals surface area (Å²) in [6, 6.07) is 44.2. The van der Waals surface area contributed by atoms with E-state index in [0.717, 1.165) is 86.9 Å². The first-order valence-electron chi connectivity index (χ1n) is 20.5. The van der Waals surface area contributed by atoms with Crippen LogP contribution in [0.15, 0.2) is 121 Å². The molecular weight excluding hydrogens is 731 g/mol. The number of nitrogens with zero attached hydrogens (tertiary/aromatic N) is 6. The van der Waals surface area contributed by atoms with E-state index in [1.165, 1.54) is 59.0 Å². The van der Waals surface area contributed by atoms with Gasteiger partial charge in [-0.1, -0.05) is 125 Å². The van der Waals surface area contributed by atoms with Crippen LogP contribution in [0.4, 0.5) is 11.4 Å². The zero-order chi connectivity index (χ0) is 37.3. The van der Waals surface area contributed by atoms with Crippen LogP contribution in [0.25, 0.3) is 44.3 Å². The molecule has 296 valence electrons. The Kier molecular flexibility index (Phi) is 16.0. The second-order valence-corrected chi connectivity index (χ2v) is 14.7. The molecule has 8 rings (SSSR count). The minimum Gasteiger partial charge on any atom is -0.371 e. The average Bonchev–Trinajstić information content (AvgIpc) is 3.25. The maximum Gasteiger partial charge on any atom is 0.0730 e. The second kappa shape index (κ2) is 20.8. The number of hydrogen-bond acceptors (Lipinski definition) is 6. The number of hydrogen-bond donors (Lipinski definition) is 0. The van der Waals surface area contributed by atoms with Crippen molar-refractivity contribution in [2.75, 3.05) is 62.2 Å². The summed E-state index contributed by atoms with van der Waals surface area (Å²) in [6.45, 7) is 18.2. The fourth-order valence-electron chi connectivity index (χ4n) is 8.77. The Labute approximate surface area is 347 Å². The molecule has 4 heterocycles. The van der Waals surface area contributed by atoms with Crippen molar-refractivity contribution in [3.63, 3.8) is 0 Å². The van der Waals surface area contributed by atoms with E-state index in [-0.39, 0.29) is 24.8 Å². The van der Waals surface area contributed by atoms with E-state index < -0.39 is 0 Å². The molecule has 0 atom stereocenters. The van der Waals surface area contributed by atoms with Gasteiger partial charge in [0.25, 0.3) is 0 Å². The van der Waals surface area contributed by atoms with Gasteiger partial charge >= 0.3 is 0 Å². The van der Waals surface area contributed by atoms with E-state index in [9.17, 15) is 0 Å². The molecule has 0 spiro atoms. The molecule has 56 heavy (non-hydrogen) atoms. The van der Waals surface area contributed by atoms with Crippen molar-refractivity contribution in [2.45, 2.75) is 65.5 Å². The van der Waals surface area contributed by atoms with Crippen molar-refractivity contribution in [2.24, 2.45) is 0 Å². The molecule has 2 saturated heterocycles. The van der Waals surface area contributed by atoms with Crippen LogP contribution in [0.3, 0.4) is 0 Å². The monoisotopic (exact) mass is 790 g/mol. The van der Waals surface area contributed by atoms with Crippen molar-refractivity contribution in [1.29, 1.82) is 0 Å². The first-order valence-corrected chi connectivity index (χ1v) is 20.5. The molecule has 2 aromatic heterocycles. The molecule has 2 aliphatic rings. The third kappa shape index (κ3) is 9.84. The molecule has 0 amide bonds. The predicted molar refractivity (Wildman–Crippen MR) is 245 cm³/mol. The minimum atomic E-state index is 0. The van der Waals surface area contributed by atoms with Gasteiger partial charge in [-0.05, 0) is 76.1 Å². The topological polar surface area (TPSA) is 38.7 Å². The largest absolute Gasteiger partial charge is 0.371 e. The maximum atomic E-state index is 4.94. The summed E-state index contributed by atoms with van der Waals surface area (Å²) >= 11 is 0. The highest BCUT2D eigenvalue weighted by Crippen LogP contribution is 2.35. The van der Waals surface area contributed by atoms with Crippen LogP contribution in [-0.4, -0.2) is 84.2 Å². The number of rotatable bonds is 10.